The normalized spacial score (nSPS) is 10.6. The van der Waals surface area contributed by atoms with Crippen molar-refractivity contribution in [2.24, 2.45) is 0 Å². The Kier molecular flexibility index (Phi) is 6.22. The summed E-state index contributed by atoms with van der Waals surface area (Å²) in [7, 11) is 0. The fourth-order valence-corrected chi connectivity index (χ4v) is 2.82. The van der Waals surface area contributed by atoms with E-state index < -0.39 is 0 Å². The molecule has 1 aromatic heterocycles. The van der Waals surface area contributed by atoms with Crippen LogP contribution in [-0.2, 0) is 0 Å². The van der Waals surface area contributed by atoms with Crippen molar-refractivity contribution in [3.63, 3.8) is 0 Å². The van der Waals surface area contributed by atoms with Crippen molar-refractivity contribution in [1.29, 1.82) is 0 Å². The Morgan fingerprint density at radius 3 is 2.50 bits per heavy atom. The molecule has 6 nitrogen and oxygen atoms in total. The summed E-state index contributed by atoms with van der Waals surface area (Å²) in [6.07, 6.45) is 1.57. The molecule has 3 aromatic rings. The Morgan fingerprint density at radius 1 is 1.04 bits per heavy atom. The van der Waals surface area contributed by atoms with Crippen LogP contribution < -0.4 is 15.4 Å². The number of nitrogens with one attached hydrogen (secondary N) is 2. The molecule has 0 spiro atoms. The highest BCUT2D eigenvalue weighted by molar-refractivity contribution is 6.03. The van der Waals surface area contributed by atoms with Crippen LogP contribution >= 0.6 is 0 Å². The number of ether oxygens (including phenoxy) is 1. The van der Waals surface area contributed by atoms with Gasteiger partial charge in [-0.2, -0.15) is 0 Å². The highest BCUT2D eigenvalue weighted by atomic mass is 16.5. The number of para-hydroxylation sites is 3. The molecule has 0 atom stereocenters. The smallest absolute Gasteiger partial charge is 0.274 e. The second kappa shape index (κ2) is 8.99. The summed E-state index contributed by atoms with van der Waals surface area (Å²) in [6.45, 7) is 6.67. The van der Waals surface area contributed by atoms with Crippen molar-refractivity contribution in [2.75, 3.05) is 17.2 Å². The number of hydrogen-bond acceptors (Lipinski definition) is 5. The van der Waals surface area contributed by atoms with Crippen LogP contribution in [0.5, 0.6) is 5.75 Å². The van der Waals surface area contributed by atoms with Crippen molar-refractivity contribution in [3.8, 4) is 5.75 Å². The van der Waals surface area contributed by atoms with Crippen LogP contribution in [0.1, 0.15) is 42.7 Å². The number of anilines is 3. The number of rotatable bonds is 7. The van der Waals surface area contributed by atoms with Crippen LogP contribution in [-0.4, -0.2) is 22.5 Å². The van der Waals surface area contributed by atoms with Gasteiger partial charge in [0.05, 0.1) is 12.3 Å². The molecule has 28 heavy (non-hydrogen) atoms. The number of carbonyl (C=O) groups excluding carboxylic acids is 1. The lowest BCUT2D eigenvalue weighted by atomic mass is 10.0. The minimum absolute atomic E-state index is 0.269. The van der Waals surface area contributed by atoms with Gasteiger partial charge in [0.1, 0.15) is 11.4 Å². The van der Waals surface area contributed by atoms with E-state index in [0.29, 0.717) is 29.9 Å². The first-order chi connectivity index (χ1) is 13.6. The van der Waals surface area contributed by atoms with Crippen LogP contribution in [0.2, 0.25) is 0 Å². The first-order valence-corrected chi connectivity index (χ1v) is 9.30. The maximum Gasteiger partial charge on any atom is 0.274 e. The summed E-state index contributed by atoms with van der Waals surface area (Å²) in [5, 5.41) is 6.07. The van der Waals surface area contributed by atoms with E-state index in [1.807, 2.05) is 43.3 Å². The lowest BCUT2D eigenvalue weighted by Crippen LogP contribution is -2.15. The van der Waals surface area contributed by atoms with Crippen molar-refractivity contribution >= 4 is 23.2 Å². The van der Waals surface area contributed by atoms with E-state index >= 15 is 0 Å². The molecule has 6 heteroatoms. The molecule has 2 N–H and O–H groups in total. The van der Waals surface area contributed by atoms with Gasteiger partial charge in [-0.15, -0.1) is 0 Å². The van der Waals surface area contributed by atoms with Gasteiger partial charge in [0.25, 0.3) is 5.91 Å². The predicted molar refractivity (Wildman–Crippen MR) is 111 cm³/mol. The predicted octanol–water partition coefficient (Wildman–Crippen LogP) is 4.99. The lowest BCUT2D eigenvalue weighted by Gasteiger charge is -2.14. The molecule has 144 valence electrons. The molecule has 0 aliphatic carbocycles. The number of hydrogen-bond donors (Lipinski definition) is 2. The zero-order valence-corrected chi connectivity index (χ0v) is 16.3. The van der Waals surface area contributed by atoms with Gasteiger partial charge in [-0.05, 0) is 42.7 Å². The Labute approximate surface area is 165 Å². The van der Waals surface area contributed by atoms with Crippen LogP contribution in [0, 0.1) is 0 Å². The number of nitrogens with zero attached hydrogens (tertiary/aromatic N) is 2. The van der Waals surface area contributed by atoms with E-state index in [1.165, 1.54) is 0 Å². The number of carbonyl (C=O) groups is 1. The van der Waals surface area contributed by atoms with Gasteiger partial charge >= 0.3 is 0 Å². The molecule has 1 heterocycles. The Morgan fingerprint density at radius 2 is 1.75 bits per heavy atom. The minimum atomic E-state index is -0.324. The monoisotopic (exact) mass is 376 g/mol. The van der Waals surface area contributed by atoms with E-state index in [0.717, 1.165) is 11.3 Å². The third kappa shape index (κ3) is 4.65. The standard InChI is InChI=1S/C22H24N4O2/c1-4-28-20-12-8-7-11-18(20)24-21(27)19-13-14-23-22(26-19)25-17-10-6-5-9-16(17)15(2)3/h5-15H,4H2,1-3H3,(H,24,27)(H,23,25,26). The second-order valence-corrected chi connectivity index (χ2v) is 6.52. The lowest BCUT2D eigenvalue weighted by molar-refractivity contribution is 0.102. The van der Waals surface area contributed by atoms with Gasteiger partial charge < -0.3 is 15.4 Å². The zero-order valence-electron chi connectivity index (χ0n) is 16.3. The molecule has 1 amide bonds. The highest BCUT2D eigenvalue weighted by Gasteiger charge is 2.13. The van der Waals surface area contributed by atoms with Crippen LogP contribution in [0.3, 0.4) is 0 Å². The molecule has 0 saturated heterocycles. The van der Waals surface area contributed by atoms with Gasteiger partial charge in [-0.25, -0.2) is 9.97 Å². The molecule has 0 radical (unpaired) electrons. The van der Waals surface area contributed by atoms with Gasteiger partial charge in [-0.3, -0.25) is 4.79 Å². The van der Waals surface area contributed by atoms with E-state index in [2.05, 4.69) is 40.5 Å². The molecule has 0 aliphatic rings. The van der Waals surface area contributed by atoms with Gasteiger partial charge in [-0.1, -0.05) is 44.2 Å². The Balaban J connectivity index is 1.79. The summed E-state index contributed by atoms with van der Waals surface area (Å²) >= 11 is 0. The molecule has 0 unspecified atom stereocenters. The van der Waals surface area contributed by atoms with Crippen molar-refractivity contribution in [1.82, 2.24) is 9.97 Å². The van der Waals surface area contributed by atoms with E-state index in [-0.39, 0.29) is 11.6 Å². The van der Waals surface area contributed by atoms with Crippen LogP contribution in [0.4, 0.5) is 17.3 Å². The first kappa shape index (κ1) is 19.4. The maximum atomic E-state index is 12.7. The van der Waals surface area contributed by atoms with Crippen LogP contribution in [0.15, 0.2) is 60.8 Å². The summed E-state index contributed by atoms with van der Waals surface area (Å²) in [4.78, 5) is 21.3. The third-order valence-electron chi connectivity index (χ3n) is 4.15. The Hall–Kier alpha value is -3.41. The van der Waals surface area contributed by atoms with E-state index in [9.17, 15) is 4.79 Å². The fourth-order valence-electron chi connectivity index (χ4n) is 2.82. The average molecular weight is 376 g/mol. The van der Waals surface area contributed by atoms with E-state index in [1.54, 1.807) is 18.3 Å². The van der Waals surface area contributed by atoms with Crippen LogP contribution in [0.25, 0.3) is 0 Å². The largest absolute Gasteiger partial charge is 0.492 e. The average Bonchev–Trinajstić information content (AvgIpc) is 2.70. The van der Waals surface area contributed by atoms with Crippen molar-refractivity contribution in [3.05, 3.63) is 72.1 Å². The first-order valence-electron chi connectivity index (χ1n) is 9.30. The number of benzene rings is 2. The molecule has 0 aliphatic heterocycles. The Bertz CT molecular complexity index is 957. The molecule has 0 bridgehead atoms. The summed E-state index contributed by atoms with van der Waals surface area (Å²) < 4.78 is 5.55. The van der Waals surface area contributed by atoms with E-state index in [4.69, 9.17) is 4.74 Å². The highest BCUT2D eigenvalue weighted by Crippen LogP contribution is 2.26. The summed E-state index contributed by atoms with van der Waals surface area (Å²) in [6, 6.07) is 16.9. The fraction of sp³-hybridized carbons (Fsp3) is 0.227. The summed E-state index contributed by atoms with van der Waals surface area (Å²) in [5.41, 5.74) is 2.96. The number of aromatic nitrogens is 2. The second-order valence-electron chi connectivity index (χ2n) is 6.52. The molecule has 0 saturated carbocycles. The molecule has 3 rings (SSSR count). The number of amides is 1. The van der Waals surface area contributed by atoms with Gasteiger partial charge in [0.2, 0.25) is 5.95 Å². The molecular weight excluding hydrogens is 352 g/mol. The molecular formula is C22H24N4O2. The summed E-state index contributed by atoms with van der Waals surface area (Å²) in [5.74, 6) is 1.02. The SMILES string of the molecule is CCOc1ccccc1NC(=O)c1ccnc(Nc2ccccc2C(C)C)n1. The van der Waals surface area contributed by atoms with Gasteiger partial charge in [0.15, 0.2) is 0 Å². The van der Waals surface area contributed by atoms with Crippen molar-refractivity contribution < 1.29 is 9.53 Å². The molecule has 2 aromatic carbocycles. The quantitative estimate of drug-likeness (QED) is 0.607. The zero-order chi connectivity index (χ0) is 19.9. The maximum absolute atomic E-state index is 12.7. The van der Waals surface area contributed by atoms with Gasteiger partial charge in [0, 0.05) is 11.9 Å². The molecule has 0 fully saturated rings. The third-order valence-corrected chi connectivity index (χ3v) is 4.15. The van der Waals surface area contributed by atoms with Crippen molar-refractivity contribution in [2.45, 2.75) is 26.7 Å². The topological polar surface area (TPSA) is 76.1 Å². The minimum Gasteiger partial charge on any atom is -0.492 e.